The van der Waals surface area contributed by atoms with E-state index in [1.165, 1.54) is 0 Å². The normalized spacial score (nSPS) is 15.6. The Kier molecular flexibility index (Phi) is 7.18. The average molecular weight is 468 g/mol. The number of hydrogen-bond donors (Lipinski definition) is 0. The van der Waals surface area contributed by atoms with Crippen molar-refractivity contribution >= 4 is 27.8 Å². The Bertz CT molecular complexity index is 1130. The molecule has 0 unspecified atom stereocenters. The van der Waals surface area contributed by atoms with Gasteiger partial charge in [-0.05, 0) is 80.1 Å². The van der Waals surface area contributed by atoms with Crippen molar-refractivity contribution in [3.8, 4) is 0 Å². The summed E-state index contributed by atoms with van der Waals surface area (Å²) in [6.45, 7) is 5.06. The summed E-state index contributed by atoms with van der Waals surface area (Å²) in [6, 6.07) is 23.8. The van der Waals surface area contributed by atoms with Crippen molar-refractivity contribution in [3.63, 3.8) is 0 Å². The molecule has 0 aliphatic carbocycles. The van der Waals surface area contributed by atoms with E-state index in [4.69, 9.17) is 4.98 Å². The molecule has 0 amide bonds. The van der Waals surface area contributed by atoms with Gasteiger partial charge >= 0.3 is 0 Å². The summed E-state index contributed by atoms with van der Waals surface area (Å²) in [4.78, 5) is 6.27. The maximum atomic E-state index is 13.2. The molecule has 0 atom stereocenters. The van der Waals surface area contributed by atoms with Crippen molar-refractivity contribution in [1.82, 2.24) is 9.29 Å². The van der Waals surface area contributed by atoms with Gasteiger partial charge in [-0.25, -0.2) is 13.4 Å². The number of anilines is 1. The van der Waals surface area contributed by atoms with E-state index in [0.717, 1.165) is 41.2 Å². The third kappa shape index (κ3) is 5.17. The predicted molar refractivity (Wildman–Crippen MR) is 131 cm³/mol. The van der Waals surface area contributed by atoms with Crippen molar-refractivity contribution in [1.29, 1.82) is 0 Å². The zero-order valence-corrected chi connectivity index (χ0v) is 20.1. The summed E-state index contributed by atoms with van der Waals surface area (Å²) in [5.74, 6) is 0.912. The van der Waals surface area contributed by atoms with E-state index in [0.29, 0.717) is 18.0 Å². The Morgan fingerprint density at radius 2 is 1.66 bits per heavy atom. The molecule has 1 aliphatic rings. The Balaban J connectivity index is 1.51. The SMILES string of the molecule is CCc1ccc(S(=O)(=O)N2CCC(N(Sc3ccccc3)c3cccc(C)n3)CC2)cc1. The smallest absolute Gasteiger partial charge is 0.243 e. The first kappa shape index (κ1) is 22.8. The topological polar surface area (TPSA) is 53.5 Å². The fourth-order valence-corrected chi connectivity index (χ4v) is 6.45. The predicted octanol–water partition coefficient (Wildman–Crippen LogP) is 5.32. The minimum atomic E-state index is -3.47. The molecule has 0 N–H and O–H groups in total. The summed E-state index contributed by atoms with van der Waals surface area (Å²) < 4.78 is 30.2. The number of aromatic nitrogens is 1. The second-order valence-electron chi connectivity index (χ2n) is 8.00. The fourth-order valence-electron chi connectivity index (χ4n) is 3.92. The van der Waals surface area contributed by atoms with Crippen LogP contribution in [-0.2, 0) is 16.4 Å². The van der Waals surface area contributed by atoms with Crippen LogP contribution in [0.3, 0.4) is 0 Å². The van der Waals surface area contributed by atoms with Gasteiger partial charge in [0, 0.05) is 29.7 Å². The highest BCUT2D eigenvalue weighted by molar-refractivity contribution is 8.00. The summed E-state index contributed by atoms with van der Waals surface area (Å²) in [5, 5.41) is 0. The van der Waals surface area contributed by atoms with Gasteiger partial charge in [-0.15, -0.1) is 0 Å². The van der Waals surface area contributed by atoms with Crippen LogP contribution in [0.1, 0.15) is 31.0 Å². The maximum Gasteiger partial charge on any atom is 0.243 e. The molecule has 0 bridgehead atoms. The van der Waals surface area contributed by atoms with Crippen LogP contribution in [0.15, 0.2) is 82.6 Å². The number of rotatable bonds is 7. The van der Waals surface area contributed by atoms with Crippen molar-refractivity contribution in [2.24, 2.45) is 0 Å². The van der Waals surface area contributed by atoms with Gasteiger partial charge in [0.2, 0.25) is 10.0 Å². The van der Waals surface area contributed by atoms with Crippen molar-refractivity contribution in [2.75, 3.05) is 17.4 Å². The highest BCUT2D eigenvalue weighted by Gasteiger charge is 2.32. The molecule has 5 nitrogen and oxygen atoms in total. The molecular formula is C25H29N3O2S2. The van der Waals surface area contributed by atoms with E-state index in [1.54, 1.807) is 28.4 Å². The Morgan fingerprint density at radius 1 is 0.969 bits per heavy atom. The number of nitrogens with zero attached hydrogens (tertiary/aromatic N) is 3. The van der Waals surface area contributed by atoms with E-state index in [9.17, 15) is 8.42 Å². The number of sulfonamides is 1. The van der Waals surface area contributed by atoms with Gasteiger partial charge in [-0.3, -0.25) is 4.31 Å². The zero-order valence-electron chi connectivity index (χ0n) is 18.5. The highest BCUT2D eigenvalue weighted by Crippen LogP contribution is 2.34. The molecule has 0 saturated carbocycles. The Morgan fingerprint density at radius 3 is 2.28 bits per heavy atom. The molecule has 1 fully saturated rings. The molecule has 0 spiro atoms. The van der Waals surface area contributed by atoms with Crippen LogP contribution in [0, 0.1) is 6.92 Å². The zero-order chi connectivity index (χ0) is 22.6. The number of benzene rings is 2. The van der Waals surface area contributed by atoms with Gasteiger partial charge in [-0.1, -0.05) is 43.3 Å². The summed E-state index contributed by atoms with van der Waals surface area (Å²) in [6.07, 6.45) is 2.40. The van der Waals surface area contributed by atoms with Crippen LogP contribution in [0.5, 0.6) is 0 Å². The molecule has 2 heterocycles. The van der Waals surface area contributed by atoms with Crippen molar-refractivity contribution < 1.29 is 8.42 Å². The minimum absolute atomic E-state index is 0.198. The van der Waals surface area contributed by atoms with Crippen LogP contribution < -0.4 is 4.31 Å². The lowest BCUT2D eigenvalue weighted by atomic mass is 10.1. The van der Waals surface area contributed by atoms with Gasteiger partial charge in [0.1, 0.15) is 5.82 Å². The molecule has 168 valence electrons. The van der Waals surface area contributed by atoms with E-state index >= 15 is 0 Å². The lowest BCUT2D eigenvalue weighted by Crippen LogP contribution is -2.45. The van der Waals surface area contributed by atoms with Gasteiger partial charge in [0.25, 0.3) is 0 Å². The molecule has 7 heteroatoms. The van der Waals surface area contributed by atoms with Crippen molar-refractivity contribution in [3.05, 3.63) is 84.1 Å². The van der Waals surface area contributed by atoms with Gasteiger partial charge < -0.3 is 0 Å². The molecule has 2 aromatic carbocycles. The van der Waals surface area contributed by atoms with Crippen molar-refractivity contribution in [2.45, 2.75) is 48.9 Å². The maximum absolute atomic E-state index is 13.2. The molecule has 4 rings (SSSR count). The van der Waals surface area contributed by atoms with E-state index < -0.39 is 10.0 Å². The van der Waals surface area contributed by atoms with Crippen LogP contribution in [0.2, 0.25) is 0 Å². The molecule has 1 aliphatic heterocycles. The number of pyridine rings is 1. The van der Waals surface area contributed by atoms with Crippen LogP contribution >= 0.6 is 11.9 Å². The van der Waals surface area contributed by atoms with Gasteiger partial charge in [-0.2, -0.15) is 4.31 Å². The molecule has 1 aromatic heterocycles. The van der Waals surface area contributed by atoms with Gasteiger partial charge in [0.15, 0.2) is 0 Å². The number of hydrogen-bond acceptors (Lipinski definition) is 5. The number of aryl methyl sites for hydroxylation is 2. The third-order valence-corrected chi connectivity index (χ3v) is 8.85. The number of piperidine rings is 1. The molecular weight excluding hydrogens is 438 g/mol. The third-order valence-electron chi connectivity index (χ3n) is 5.77. The minimum Gasteiger partial charge on any atom is -0.293 e. The lowest BCUT2D eigenvalue weighted by molar-refractivity contribution is 0.322. The summed E-state index contributed by atoms with van der Waals surface area (Å²) in [5.41, 5.74) is 2.11. The van der Waals surface area contributed by atoms with Crippen LogP contribution in [0.25, 0.3) is 0 Å². The monoisotopic (exact) mass is 467 g/mol. The first-order chi connectivity index (χ1) is 15.5. The standard InChI is InChI=1S/C25H29N3O2S2/c1-3-21-12-14-24(15-13-21)32(29,30)27-18-16-22(17-19-27)28(25-11-7-8-20(2)26-25)31-23-9-5-4-6-10-23/h4-15,22H,3,16-19H2,1-2H3. The quantitative estimate of drug-likeness (QED) is 0.440. The fraction of sp³-hybridized carbons (Fsp3) is 0.320. The van der Waals surface area contributed by atoms with Crippen LogP contribution in [-0.4, -0.2) is 36.8 Å². The van der Waals surface area contributed by atoms with E-state index in [1.807, 2.05) is 55.5 Å². The van der Waals surface area contributed by atoms with Crippen LogP contribution in [0.4, 0.5) is 5.82 Å². The molecule has 1 saturated heterocycles. The molecule has 0 radical (unpaired) electrons. The molecule has 3 aromatic rings. The molecule has 32 heavy (non-hydrogen) atoms. The van der Waals surface area contributed by atoms with Gasteiger partial charge in [0.05, 0.1) is 4.90 Å². The highest BCUT2D eigenvalue weighted by atomic mass is 32.2. The summed E-state index contributed by atoms with van der Waals surface area (Å²) in [7, 11) is -3.47. The Hall–Kier alpha value is -2.35. The second kappa shape index (κ2) is 10.1. The second-order valence-corrected chi connectivity index (χ2v) is 11.0. The first-order valence-corrected chi connectivity index (χ1v) is 13.2. The van der Waals surface area contributed by atoms with E-state index in [-0.39, 0.29) is 6.04 Å². The first-order valence-electron chi connectivity index (χ1n) is 11.0. The average Bonchev–Trinajstić information content (AvgIpc) is 2.83. The summed E-state index contributed by atoms with van der Waals surface area (Å²) >= 11 is 1.67. The van der Waals surface area contributed by atoms with E-state index in [2.05, 4.69) is 23.4 Å². The lowest BCUT2D eigenvalue weighted by Gasteiger charge is -2.37. The Labute approximate surface area is 195 Å². The largest absolute Gasteiger partial charge is 0.293 e.